The Hall–Kier alpha value is -7.74. The largest absolute Gasteiger partial charge is 0.504 e. The van der Waals surface area contributed by atoms with Crippen LogP contribution in [0.5, 0.6) is 23.0 Å². The van der Waals surface area contributed by atoms with Gasteiger partial charge >= 0.3 is 12.1 Å². The number of halogens is 2. The first kappa shape index (κ1) is 39.5. The number of benzene rings is 5. The molecule has 0 spiro atoms. The fraction of sp³-hybridized carbons (Fsp3) is 0.0476. The van der Waals surface area contributed by atoms with Crippen molar-refractivity contribution >= 4 is 53.1 Å². The third-order valence-electron chi connectivity index (χ3n) is 7.70. The summed E-state index contributed by atoms with van der Waals surface area (Å²) in [4.78, 5) is 26.2. The summed E-state index contributed by atoms with van der Waals surface area (Å²) in [7, 11) is 2.79. The van der Waals surface area contributed by atoms with E-state index in [9.17, 15) is 28.6 Å². The number of phenolic OH excluding ortho intramolecular Hbond substituents is 2. The summed E-state index contributed by atoms with van der Waals surface area (Å²) < 4.78 is 39.2. The Morgan fingerprint density at radius 1 is 0.589 bits per heavy atom. The number of rotatable bonds is 13. The third kappa shape index (κ3) is 11.4. The summed E-state index contributed by atoms with van der Waals surface area (Å²) in [5.41, 5.74) is 7.25. The van der Waals surface area contributed by atoms with Gasteiger partial charge in [0.15, 0.2) is 34.6 Å². The maximum Gasteiger partial charge on any atom is 0.339 e. The molecule has 14 heteroatoms. The minimum absolute atomic E-state index is 0.0157. The second-order valence-electron chi connectivity index (χ2n) is 11.6. The SMILES string of the molecule is COc1cc(/C=C/C(=N\NC(=O)Nc2ccccc2)C(=Cc2ccc(F)c(F)c2)C(/C=C/c2ccc(O)c(OC)c2)=N/NC(=O)Nc2ccccc2)ccc1O. The number of carbonyl (C=O) groups is 2. The van der Waals surface area contributed by atoms with E-state index in [1.807, 2.05) is 0 Å². The third-order valence-corrected chi connectivity index (χ3v) is 7.70. The zero-order chi connectivity index (χ0) is 39.9. The van der Waals surface area contributed by atoms with Crippen LogP contribution in [0.25, 0.3) is 18.2 Å². The van der Waals surface area contributed by atoms with Gasteiger partial charge in [0.05, 0.1) is 25.6 Å². The number of urea groups is 2. The van der Waals surface area contributed by atoms with Gasteiger partial charge in [-0.1, -0.05) is 66.7 Å². The van der Waals surface area contributed by atoms with Crippen LogP contribution in [0.1, 0.15) is 16.7 Å². The number of anilines is 2. The monoisotopic (exact) mass is 758 g/mol. The molecule has 0 aromatic heterocycles. The zero-order valence-electron chi connectivity index (χ0n) is 30.0. The highest BCUT2D eigenvalue weighted by Gasteiger charge is 2.16. The predicted octanol–water partition coefficient (Wildman–Crippen LogP) is 8.56. The Bertz CT molecular complexity index is 2190. The van der Waals surface area contributed by atoms with Crippen molar-refractivity contribution in [1.29, 1.82) is 0 Å². The molecule has 0 saturated carbocycles. The van der Waals surface area contributed by atoms with E-state index < -0.39 is 23.7 Å². The van der Waals surface area contributed by atoms with Gasteiger partial charge in [-0.3, -0.25) is 0 Å². The predicted molar refractivity (Wildman–Crippen MR) is 214 cm³/mol. The lowest BCUT2D eigenvalue weighted by Crippen LogP contribution is -2.28. The van der Waals surface area contributed by atoms with Crippen molar-refractivity contribution in [2.75, 3.05) is 24.9 Å². The van der Waals surface area contributed by atoms with Crippen molar-refractivity contribution in [2.45, 2.75) is 0 Å². The lowest BCUT2D eigenvalue weighted by Gasteiger charge is -2.12. The summed E-state index contributed by atoms with van der Waals surface area (Å²) >= 11 is 0. The van der Waals surface area contributed by atoms with Gasteiger partial charge in [0, 0.05) is 16.9 Å². The van der Waals surface area contributed by atoms with E-state index in [2.05, 4.69) is 31.7 Å². The second-order valence-corrected chi connectivity index (χ2v) is 11.6. The van der Waals surface area contributed by atoms with Crippen molar-refractivity contribution in [3.05, 3.63) is 161 Å². The fourth-order valence-corrected chi connectivity index (χ4v) is 4.95. The number of ether oxygens (including phenoxy) is 2. The van der Waals surface area contributed by atoms with E-state index in [4.69, 9.17) is 9.47 Å². The van der Waals surface area contributed by atoms with Gasteiger partial charge in [-0.2, -0.15) is 10.2 Å². The lowest BCUT2D eigenvalue weighted by molar-refractivity contribution is 0.251. The minimum atomic E-state index is -1.13. The number of amides is 4. The molecule has 6 N–H and O–H groups in total. The molecule has 0 unspecified atom stereocenters. The van der Waals surface area contributed by atoms with E-state index in [0.29, 0.717) is 22.5 Å². The number of phenols is 2. The van der Waals surface area contributed by atoms with Crippen molar-refractivity contribution in [1.82, 2.24) is 10.9 Å². The summed E-state index contributed by atoms with van der Waals surface area (Å²) in [5.74, 6) is -2.02. The summed E-state index contributed by atoms with van der Waals surface area (Å²) in [5, 5.41) is 34.5. The number of allylic oxidation sites excluding steroid dienone is 3. The molecule has 56 heavy (non-hydrogen) atoms. The molecule has 284 valence electrons. The van der Waals surface area contributed by atoms with Crippen LogP contribution in [-0.4, -0.2) is 47.9 Å². The standard InChI is InChI=1S/C42H36F2N6O6/c1-55-39-25-27(16-21-37(39)51)14-19-35(47-49-41(53)45-30-9-5-3-6-10-30)32(23-29-13-18-33(43)34(44)24-29)36(20-15-28-17-22-38(52)40(26-28)56-2)48-50-42(54)46-31-11-7-4-8-12-31/h3-26,51-52H,1-2H3,(H2,45,49,53)(H2,46,50,54)/b19-14+,20-15+,47-35+,48-36+. The highest BCUT2D eigenvalue weighted by molar-refractivity contribution is 6.35. The molecule has 0 aliphatic rings. The van der Waals surface area contributed by atoms with Crippen LogP contribution in [0.4, 0.5) is 29.7 Å². The summed E-state index contributed by atoms with van der Waals surface area (Å²) in [6.07, 6.45) is 7.61. The van der Waals surface area contributed by atoms with E-state index in [-0.39, 0.29) is 45.6 Å². The first-order chi connectivity index (χ1) is 27.1. The average molecular weight is 759 g/mol. The van der Waals surface area contributed by atoms with Crippen LogP contribution in [0, 0.1) is 11.6 Å². The van der Waals surface area contributed by atoms with Crippen molar-refractivity contribution in [2.24, 2.45) is 10.2 Å². The average Bonchev–Trinajstić information content (AvgIpc) is 3.20. The number of para-hydroxylation sites is 2. The van der Waals surface area contributed by atoms with Crippen LogP contribution in [0.15, 0.2) is 143 Å². The normalized spacial score (nSPS) is 11.6. The van der Waals surface area contributed by atoms with Gasteiger partial charge in [-0.25, -0.2) is 29.2 Å². The number of aromatic hydroxyl groups is 2. The molecular formula is C42H36F2N6O6. The number of methoxy groups -OCH3 is 2. The van der Waals surface area contributed by atoms with Gasteiger partial charge in [0.1, 0.15) is 0 Å². The van der Waals surface area contributed by atoms with Gasteiger partial charge in [-0.05, 0) is 95.6 Å². The van der Waals surface area contributed by atoms with Crippen LogP contribution in [-0.2, 0) is 0 Å². The Morgan fingerprint density at radius 2 is 1.04 bits per heavy atom. The Labute approximate surface area is 320 Å². The van der Waals surface area contributed by atoms with Crippen LogP contribution in [0.2, 0.25) is 0 Å². The quantitative estimate of drug-likeness (QED) is 0.0520. The fourth-order valence-electron chi connectivity index (χ4n) is 4.95. The number of hydrazone groups is 2. The molecule has 12 nitrogen and oxygen atoms in total. The molecule has 0 fully saturated rings. The maximum absolute atomic E-state index is 14.6. The van der Waals surface area contributed by atoms with Crippen molar-refractivity contribution < 1.29 is 38.1 Å². The molecule has 5 aromatic rings. The molecule has 0 atom stereocenters. The smallest absolute Gasteiger partial charge is 0.339 e. The molecule has 0 radical (unpaired) electrons. The molecule has 0 heterocycles. The molecule has 0 aliphatic carbocycles. The highest BCUT2D eigenvalue weighted by Crippen LogP contribution is 2.28. The maximum atomic E-state index is 14.6. The van der Waals surface area contributed by atoms with Crippen LogP contribution in [0.3, 0.4) is 0 Å². The summed E-state index contributed by atoms with van der Waals surface area (Å²) in [6.45, 7) is 0. The van der Waals surface area contributed by atoms with Gasteiger partial charge in [0.2, 0.25) is 0 Å². The van der Waals surface area contributed by atoms with Crippen molar-refractivity contribution in [3.8, 4) is 23.0 Å². The molecule has 0 bridgehead atoms. The number of hydrogen-bond donors (Lipinski definition) is 6. The van der Waals surface area contributed by atoms with Crippen LogP contribution >= 0.6 is 0 Å². The topological polar surface area (TPSA) is 166 Å². The molecule has 5 aromatic carbocycles. The van der Waals surface area contributed by atoms with Gasteiger partial charge in [-0.15, -0.1) is 0 Å². The number of nitrogens with zero attached hydrogens (tertiary/aromatic N) is 2. The first-order valence-electron chi connectivity index (χ1n) is 16.8. The van der Waals surface area contributed by atoms with Crippen LogP contribution < -0.4 is 31.0 Å². The summed E-state index contributed by atoms with van der Waals surface area (Å²) in [6, 6.07) is 28.2. The molecule has 4 amide bonds. The van der Waals surface area contributed by atoms with Crippen molar-refractivity contribution in [3.63, 3.8) is 0 Å². The van der Waals surface area contributed by atoms with Gasteiger partial charge in [0.25, 0.3) is 0 Å². The Kier molecular flexibility index (Phi) is 13.7. The zero-order valence-corrected chi connectivity index (χ0v) is 30.0. The highest BCUT2D eigenvalue weighted by atomic mass is 19.2. The van der Waals surface area contributed by atoms with E-state index in [0.717, 1.165) is 12.1 Å². The van der Waals surface area contributed by atoms with E-state index in [1.165, 1.54) is 50.6 Å². The molecule has 5 rings (SSSR count). The number of hydrogen-bond acceptors (Lipinski definition) is 8. The lowest BCUT2D eigenvalue weighted by atomic mass is 9.99. The Morgan fingerprint density at radius 3 is 1.46 bits per heavy atom. The number of carbonyl (C=O) groups excluding carboxylic acids is 2. The second kappa shape index (κ2) is 19.4. The minimum Gasteiger partial charge on any atom is -0.504 e. The van der Waals surface area contributed by atoms with E-state index >= 15 is 0 Å². The molecule has 0 aliphatic heterocycles. The van der Waals surface area contributed by atoms with E-state index in [1.54, 1.807) is 97.1 Å². The first-order valence-corrected chi connectivity index (χ1v) is 16.8. The Balaban J connectivity index is 1.67. The number of nitrogens with one attached hydrogen (secondary N) is 4. The molecular weight excluding hydrogens is 722 g/mol. The molecule has 0 saturated heterocycles. The van der Waals surface area contributed by atoms with Gasteiger partial charge < -0.3 is 30.3 Å².